The summed E-state index contributed by atoms with van der Waals surface area (Å²) in [6.45, 7) is 7.50. The fourth-order valence-corrected chi connectivity index (χ4v) is 7.56. The van der Waals surface area contributed by atoms with Crippen LogP contribution in [-0.2, 0) is 25.6 Å². The molecule has 0 aliphatic carbocycles. The number of hydrogen-bond acceptors (Lipinski definition) is 16. The Labute approximate surface area is 405 Å². The average Bonchev–Trinajstić information content (AvgIpc) is 3.33. The highest BCUT2D eigenvalue weighted by Gasteiger charge is 2.36. The first-order chi connectivity index (χ1) is 33.4. The standard InChI is InChI=1S/C49H61N11O10/c1-26(2)70-35-11-8-31(9-12-35)44-55-27(3)42(28(4)56-44)47(65)58-38(15-16-50)49(67)60(6)43-32-10-14-41(69-25-34(62)23-53)37(21-32)36-19-30(7-13-40(36)68-24-33(61)22-52)20-39(46(64)54-18-17-51)59-45(63)29(5)57-48(43)66/h7-14,19,21,24,26,29,34,38-39,43,61-62H,15-16,18,20,22-23,25,50,52-53H2,1-6H3,(H,54,64)(H,57,66)(H,58,65)(H,59,63)/b33-24-/t29-,34+,38-,39-,43-/m0/s1. The van der Waals surface area contributed by atoms with Crippen molar-refractivity contribution in [3.8, 4) is 45.8 Å². The number of nitrogens with zero attached hydrogens (tertiary/aromatic N) is 4. The number of hydrogen-bond donors (Lipinski definition) is 9. The molecular weight excluding hydrogens is 903 g/mol. The zero-order valence-corrected chi connectivity index (χ0v) is 39.9. The molecule has 0 fully saturated rings. The molecule has 4 bridgehead atoms. The number of nitrogens with two attached hydrogens (primary N) is 3. The number of aliphatic hydroxyl groups is 2. The lowest BCUT2D eigenvalue weighted by atomic mass is 9.93. The van der Waals surface area contributed by atoms with Crippen LogP contribution in [-0.4, -0.2) is 125 Å². The topological polar surface area (TPSA) is 332 Å². The maximum atomic E-state index is 14.8. The van der Waals surface area contributed by atoms with Crippen molar-refractivity contribution in [3.05, 3.63) is 101 Å². The molecule has 3 aromatic carbocycles. The van der Waals surface area contributed by atoms with Crippen LogP contribution in [0.25, 0.3) is 22.5 Å². The van der Waals surface area contributed by atoms with E-state index in [1.54, 1.807) is 50.2 Å². The maximum Gasteiger partial charge on any atom is 0.255 e. The predicted molar refractivity (Wildman–Crippen MR) is 258 cm³/mol. The quantitative estimate of drug-likeness (QED) is 0.0504. The Morgan fingerprint density at radius 3 is 2.27 bits per heavy atom. The molecule has 70 heavy (non-hydrogen) atoms. The Morgan fingerprint density at radius 1 is 0.971 bits per heavy atom. The van der Waals surface area contributed by atoms with E-state index in [4.69, 9.17) is 31.4 Å². The highest BCUT2D eigenvalue weighted by Crippen LogP contribution is 2.40. The lowest BCUT2D eigenvalue weighted by molar-refractivity contribution is -0.141. The first-order valence-corrected chi connectivity index (χ1v) is 22.6. The number of fused-ring (bicyclic) bond motifs is 5. The molecular formula is C49H61N11O10. The summed E-state index contributed by atoms with van der Waals surface area (Å²) in [7, 11) is 1.36. The Bertz CT molecular complexity index is 2590. The first-order valence-electron chi connectivity index (χ1n) is 22.6. The second-order valence-electron chi connectivity index (χ2n) is 16.8. The molecule has 21 heteroatoms. The largest absolute Gasteiger partial charge is 0.508 e. The summed E-state index contributed by atoms with van der Waals surface area (Å²) in [5.74, 6) is -2.63. The average molecular weight is 964 g/mol. The summed E-state index contributed by atoms with van der Waals surface area (Å²) >= 11 is 0. The Balaban J connectivity index is 1.61. The molecule has 0 radical (unpaired) electrons. The summed E-state index contributed by atoms with van der Waals surface area (Å²) in [6.07, 6.45) is -0.227. The number of nitrogens with one attached hydrogen (secondary N) is 4. The van der Waals surface area contributed by atoms with Gasteiger partial charge in [0.15, 0.2) is 5.82 Å². The second-order valence-corrected chi connectivity index (χ2v) is 16.8. The van der Waals surface area contributed by atoms with Gasteiger partial charge < -0.3 is 67.8 Å². The second kappa shape index (κ2) is 24.6. The van der Waals surface area contributed by atoms with Crippen LogP contribution < -0.4 is 52.7 Å². The molecule has 4 aromatic rings. The van der Waals surface area contributed by atoms with Gasteiger partial charge in [0.1, 0.15) is 72.7 Å². The summed E-state index contributed by atoms with van der Waals surface area (Å²) < 4.78 is 17.8. The van der Waals surface area contributed by atoms with E-state index in [1.165, 1.54) is 26.1 Å². The number of aliphatic hydroxyl groups excluding tert-OH is 2. The Morgan fingerprint density at radius 2 is 1.64 bits per heavy atom. The third-order valence-corrected chi connectivity index (χ3v) is 11.1. The molecule has 1 aliphatic heterocycles. The highest BCUT2D eigenvalue weighted by atomic mass is 16.5. The van der Waals surface area contributed by atoms with Crippen LogP contribution in [0.3, 0.4) is 0 Å². The van der Waals surface area contributed by atoms with Gasteiger partial charge in [-0.05, 0) is 107 Å². The minimum atomic E-state index is -1.52. The minimum Gasteiger partial charge on any atom is -0.508 e. The molecule has 0 saturated heterocycles. The molecule has 5 rings (SSSR count). The van der Waals surface area contributed by atoms with E-state index < -0.39 is 59.8 Å². The van der Waals surface area contributed by atoms with Gasteiger partial charge in [-0.1, -0.05) is 12.1 Å². The number of aromatic nitrogens is 2. The smallest absolute Gasteiger partial charge is 0.255 e. The number of amides is 5. The number of rotatable bonds is 18. The number of carbonyl (C=O) groups is 5. The minimum absolute atomic E-state index is 0.0157. The van der Waals surface area contributed by atoms with Gasteiger partial charge >= 0.3 is 0 Å². The number of carbonyl (C=O) groups excluding carboxylic acids is 5. The van der Waals surface area contributed by atoms with Gasteiger partial charge in [0, 0.05) is 36.7 Å². The zero-order valence-electron chi connectivity index (χ0n) is 39.9. The lowest BCUT2D eigenvalue weighted by Gasteiger charge is -2.32. The monoisotopic (exact) mass is 963 g/mol. The number of aryl methyl sites for hydroxylation is 2. The van der Waals surface area contributed by atoms with Crippen molar-refractivity contribution in [1.29, 1.82) is 5.26 Å². The van der Waals surface area contributed by atoms with Crippen LogP contribution in [0.5, 0.6) is 17.2 Å². The van der Waals surface area contributed by atoms with Gasteiger partial charge in [-0.25, -0.2) is 9.97 Å². The SMILES string of the molecule is Cc1nc(-c2ccc(OC(C)C)cc2)nc(C)c1C(=O)N[C@@H](CCN)C(=O)N(C)[C@@H]1C(=O)N[C@@H](C)C(=O)N[C@H](C(=O)NCC#N)Cc2ccc(O/C=C(\O)CN)c(c2)-c2cc1ccc2OC[C@H](O)CN. The van der Waals surface area contributed by atoms with Crippen LogP contribution in [0, 0.1) is 25.2 Å². The van der Waals surface area contributed by atoms with Crippen molar-refractivity contribution in [2.24, 2.45) is 17.2 Å². The van der Waals surface area contributed by atoms with Gasteiger partial charge in [-0.3, -0.25) is 24.0 Å². The number of ether oxygens (including phenoxy) is 3. The molecule has 0 saturated carbocycles. The van der Waals surface area contributed by atoms with Crippen LogP contribution in [0.4, 0.5) is 0 Å². The molecule has 5 atom stereocenters. The van der Waals surface area contributed by atoms with Gasteiger partial charge in [0.05, 0.1) is 35.7 Å². The summed E-state index contributed by atoms with van der Waals surface area (Å²) in [5, 5.41) is 40.4. The molecule has 1 aromatic heterocycles. The van der Waals surface area contributed by atoms with Crippen LogP contribution in [0.1, 0.15) is 66.1 Å². The predicted octanol–water partition coefficient (Wildman–Crippen LogP) is 1.48. The maximum absolute atomic E-state index is 14.8. The number of benzene rings is 3. The normalized spacial score (nSPS) is 16.9. The van der Waals surface area contributed by atoms with E-state index in [0.717, 1.165) is 11.2 Å². The van der Waals surface area contributed by atoms with Crippen molar-refractivity contribution < 1.29 is 48.4 Å². The van der Waals surface area contributed by atoms with E-state index in [2.05, 4.69) is 31.2 Å². The van der Waals surface area contributed by atoms with Gasteiger partial charge in [-0.15, -0.1) is 0 Å². The lowest BCUT2D eigenvalue weighted by Crippen LogP contribution is -2.56. The number of nitriles is 1. The molecule has 1 aliphatic rings. The van der Waals surface area contributed by atoms with Crippen LogP contribution in [0.15, 0.2) is 72.7 Å². The first kappa shape index (κ1) is 53.3. The van der Waals surface area contributed by atoms with E-state index in [-0.39, 0.29) is 91.2 Å². The summed E-state index contributed by atoms with van der Waals surface area (Å²) in [6, 6.07) is 13.1. The van der Waals surface area contributed by atoms with Gasteiger partial charge in [0.2, 0.25) is 23.6 Å². The van der Waals surface area contributed by atoms with Gasteiger partial charge in [-0.2, -0.15) is 5.26 Å². The zero-order chi connectivity index (χ0) is 51.2. The third-order valence-electron chi connectivity index (χ3n) is 11.1. The van der Waals surface area contributed by atoms with Crippen molar-refractivity contribution in [2.75, 3.05) is 39.8 Å². The summed E-state index contributed by atoms with van der Waals surface area (Å²) in [4.78, 5) is 81.1. The van der Waals surface area contributed by atoms with E-state index >= 15 is 0 Å². The van der Waals surface area contributed by atoms with Crippen LogP contribution >= 0.6 is 0 Å². The van der Waals surface area contributed by atoms with Crippen molar-refractivity contribution in [2.45, 2.75) is 83.8 Å². The Hall–Kier alpha value is -7.64. The molecule has 0 spiro atoms. The molecule has 21 nitrogen and oxygen atoms in total. The highest BCUT2D eigenvalue weighted by molar-refractivity contribution is 6.00. The molecule has 5 amide bonds. The fourth-order valence-electron chi connectivity index (χ4n) is 7.56. The number of likely N-dealkylation sites (N-methyl/N-ethyl adjacent to an activating group) is 1. The van der Waals surface area contributed by atoms with Crippen molar-refractivity contribution >= 4 is 29.5 Å². The fraction of sp³-hybridized carbons (Fsp3) is 0.388. The molecule has 372 valence electrons. The summed E-state index contributed by atoms with van der Waals surface area (Å²) in [5.41, 5.74) is 20.1. The van der Waals surface area contributed by atoms with E-state index in [0.29, 0.717) is 34.1 Å². The molecule has 0 unspecified atom stereocenters. The van der Waals surface area contributed by atoms with Crippen LogP contribution in [0.2, 0.25) is 0 Å². The third kappa shape index (κ3) is 13.5. The van der Waals surface area contributed by atoms with Crippen molar-refractivity contribution in [3.63, 3.8) is 0 Å². The van der Waals surface area contributed by atoms with E-state index in [1.807, 2.05) is 32.0 Å². The molecule has 2 heterocycles. The van der Waals surface area contributed by atoms with Crippen molar-refractivity contribution in [1.82, 2.24) is 36.1 Å². The Kier molecular flexibility index (Phi) is 18.7. The molecule has 12 N–H and O–H groups in total. The van der Waals surface area contributed by atoms with E-state index in [9.17, 15) is 39.4 Å². The van der Waals surface area contributed by atoms with Gasteiger partial charge in [0.25, 0.3) is 5.91 Å².